The van der Waals surface area contributed by atoms with Gasteiger partial charge in [0.1, 0.15) is 0 Å². The van der Waals surface area contributed by atoms with Gasteiger partial charge in [0.05, 0.1) is 16.2 Å². The van der Waals surface area contributed by atoms with E-state index in [0.717, 1.165) is 11.4 Å². The van der Waals surface area contributed by atoms with Crippen molar-refractivity contribution in [3.05, 3.63) is 63.5 Å². The third kappa shape index (κ3) is 6.10. The van der Waals surface area contributed by atoms with Gasteiger partial charge in [-0.1, -0.05) is 23.9 Å². The SMILES string of the molecule is Cc1cc(C)nc(SCC(=O)N/N=C\C=C\c2ccccc2[N+](=O)[O-])n1. The summed E-state index contributed by atoms with van der Waals surface area (Å²) in [5, 5.41) is 15.2. The predicted molar refractivity (Wildman–Crippen MR) is 101 cm³/mol. The molecule has 9 heteroatoms. The summed E-state index contributed by atoms with van der Waals surface area (Å²) in [4.78, 5) is 30.7. The van der Waals surface area contributed by atoms with Crippen LogP contribution in [0, 0.1) is 24.0 Å². The number of hydrazone groups is 1. The van der Waals surface area contributed by atoms with Gasteiger partial charge in [-0.3, -0.25) is 14.9 Å². The lowest BCUT2D eigenvalue weighted by Gasteiger charge is -2.02. The average Bonchev–Trinajstić information content (AvgIpc) is 2.59. The van der Waals surface area contributed by atoms with E-state index < -0.39 is 4.92 Å². The van der Waals surface area contributed by atoms with Crippen molar-refractivity contribution in [2.24, 2.45) is 5.10 Å². The highest BCUT2D eigenvalue weighted by Crippen LogP contribution is 2.18. The number of hydrogen-bond acceptors (Lipinski definition) is 7. The van der Waals surface area contributed by atoms with Crippen molar-refractivity contribution in [3.63, 3.8) is 0 Å². The minimum Gasteiger partial charge on any atom is -0.272 e. The maximum Gasteiger partial charge on any atom is 0.276 e. The number of para-hydroxylation sites is 1. The molecule has 0 saturated carbocycles. The summed E-state index contributed by atoms with van der Waals surface area (Å²) in [6, 6.07) is 8.21. The molecule has 0 atom stereocenters. The first-order chi connectivity index (χ1) is 12.5. The molecule has 134 valence electrons. The quantitative estimate of drug-likeness (QED) is 0.263. The number of nitrogens with one attached hydrogen (secondary N) is 1. The highest BCUT2D eigenvalue weighted by Gasteiger charge is 2.08. The van der Waals surface area contributed by atoms with E-state index in [1.54, 1.807) is 24.3 Å². The van der Waals surface area contributed by atoms with Gasteiger partial charge in [-0.15, -0.1) is 0 Å². The molecule has 0 fully saturated rings. The van der Waals surface area contributed by atoms with Crippen molar-refractivity contribution in [3.8, 4) is 0 Å². The zero-order valence-electron chi connectivity index (χ0n) is 14.2. The zero-order valence-corrected chi connectivity index (χ0v) is 15.1. The number of aromatic nitrogens is 2. The number of amides is 1. The Morgan fingerprint density at radius 3 is 2.69 bits per heavy atom. The molecule has 0 radical (unpaired) electrons. The third-order valence-electron chi connectivity index (χ3n) is 3.05. The lowest BCUT2D eigenvalue weighted by molar-refractivity contribution is -0.385. The maximum absolute atomic E-state index is 11.7. The van der Waals surface area contributed by atoms with E-state index in [1.807, 2.05) is 19.9 Å². The molecule has 1 aromatic carbocycles. The molecule has 1 N–H and O–H groups in total. The predicted octanol–water partition coefficient (Wildman–Crippen LogP) is 2.91. The summed E-state index contributed by atoms with van der Waals surface area (Å²) in [5.41, 5.74) is 4.53. The standard InChI is InChI=1S/C17H17N5O3S/c1-12-10-13(2)20-17(19-12)26-11-16(23)21-18-9-5-7-14-6-3-4-8-15(14)22(24)25/h3-10H,11H2,1-2H3,(H,21,23)/b7-5+,18-9-. The number of nitro benzene ring substituents is 1. The molecule has 8 nitrogen and oxygen atoms in total. The van der Waals surface area contributed by atoms with Gasteiger partial charge in [0.25, 0.3) is 11.6 Å². The second kappa shape index (κ2) is 9.42. The zero-order chi connectivity index (χ0) is 18.9. The fourth-order valence-corrected chi connectivity index (χ4v) is 2.76. The molecule has 1 aromatic heterocycles. The molecule has 0 aliphatic carbocycles. The second-order valence-corrected chi connectivity index (χ2v) is 6.15. The van der Waals surface area contributed by atoms with Crippen molar-refractivity contribution < 1.29 is 9.72 Å². The summed E-state index contributed by atoms with van der Waals surface area (Å²) in [7, 11) is 0. The van der Waals surface area contributed by atoms with Gasteiger partial charge in [0.15, 0.2) is 5.16 Å². The van der Waals surface area contributed by atoms with Crippen molar-refractivity contribution >= 4 is 35.6 Å². The van der Waals surface area contributed by atoms with Crippen LogP contribution in [0.5, 0.6) is 0 Å². The lowest BCUT2D eigenvalue weighted by atomic mass is 10.2. The highest BCUT2D eigenvalue weighted by molar-refractivity contribution is 7.99. The fraction of sp³-hybridized carbons (Fsp3) is 0.176. The molecule has 1 amide bonds. The Balaban J connectivity index is 1.83. The molecule has 0 saturated heterocycles. The molecule has 0 bridgehead atoms. The number of allylic oxidation sites excluding steroid dienone is 1. The van der Waals surface area contributed by atoms with Crippen LogP contribution in [-0.2, 0) is 4.79 Å². The molecule has 2 aromatic rings. The van der Waals surface area contributed by atoms with E-state index in [1.165, 1.54) is 30.1 Å². The van der Waals surface area contributed by atoms with Gasteiger partial charge in [-0.25, -0.2) is 15.4 Å². The first-order valence-corrected chi connectivity index (χ1v) is 8.61. The highest BCUT2D eigenvalue weighted by atomic mass is 32.2. The number of nitro groups is 1. The van der Waals surface area contributed by atoms with Crippen LogP contribution in [0.25, 0.3) is 6.08 Å². The minimum absolute atomic E-state index is 0.00559. The number of carbonyl (C=O) groups excluding carboxylic acids is 1. The van der Waals surface area contributed by atoms with Crippen LogP contribution >= 0.6 is 11.8 Å². The van der Waals surface area contributed by atoms with Crippen molar-refractivity contribution in [2.75, 3.05) is 5.75 Å². The molecule has 26 heavy (non-hydrogen) atoms. The normalized spacial score (nSPS) is 11.2. The second-order valence-electron chi connectivity index (χ2n) is 5.21. The number of aryl methyl sites for hydroxylation is 2. The molecular weight excluding hydrogens is 354 g/mol. The van der Waals surface area contributed by atoms with Crippen LogP contribution in [0.2, 0.25) is 0 Å². The topological polar surface area (TPSA) is 110 Å². The molecule has 0 aliphatic heterocycles. The minimum atomic E-state index is -0.453. The number of rotatable bonds is 7. The van der Waals surface area contributed by atoms with E-state index in [-0.39, 0.29) is 17.3 Å². The third-order valence-corrected chi connectivity index (χ3v) is 3.90. The molecular formula is C17H17N5O3S. The van der Waals surface area contributed by atoms with Crippen molar-refractivity contribution in [1.82, 2.24) is 15.4 Å². The molecule has 0 spiro atoms. The van der Waals surface area contributed by atoms with Gasteiger partial charge in [-0.2, -0.15) is 5.10 Å². The summed E-state index contributed by atoms with van der Waals surface area (Å²) in [6.45, 7) is 3.74. The monoisotopic (exact) mass is 371 g/mol. The first kappa shape index (κ1) is 19.3. The smallest absolute Gasteiger partial charge is 0.272 e. The van der Waals surface area contributed by atoms with Crippen LogP contribution in [0.4, 0.5) is 5.69 Å². The molecule has 2 rings (SSSR count). The Morgan fingerprint density at radius 2 is 2.00 bits per heavy atom. The Labute approximate surface area is 154 Å². The Bertz CT molecular complexity index is 847. The van der Waals surface area contributed by atoms with Crippen LogP contribution in [0.3, 0.4) is 0 Å². The number of thioether (sulfide) groups is 1. The number of carbonyl (C=O) groups is 1. The Hall–Kier alpha value is -3.07. The number of nitrogens with zero attached hydrogens (tertiary/aromatic N) is 4. The number of benzene rings is 1. The van der Waals surface area contributed by atoms with E-state index in [2.05, 4.69) is 20.5 Å². The van der Waals surface area contributed by atoms with Crippen LogP contribution in [0.15, 0.2) is 46.7 Å². The van der Waals surface area contributed by atoms with Crippen molar-refractivity contribution in [2.45, 2.75) is 19.0 Å². The van der Waals surface area contributed by atoms with Gasteiger partial charge < -0.3 is 0 Å². The van der Waals surface area contributed by atoms with Gasteiger partial charge in [0, 0.05) is 23.7 Å². The van der Waals surface area contributed by atoms with Crippen molar-refractivity contribution in [1.29, 1.82) is 0 Å². The first-order valence-electron chi connectivity index (χ1n) is 7.63. The molecule has 1 heterocycles. The largest absolute Gasteiger partial charge is 0.276 e. The summed E-state index contributed by atoms with van der Waals surface area (Å²) >= 11 is 1.22. The summed E-state index contributed by atoms with van der Waals surface area (Å²) in [6.07, 6.45) is 4.42. The summed E-state index contributed by atoms with van der Waals surface area (Å²) < 4.78 is 0. The Morgan fingerprint density at radius 1 is 1.31 bits per heavy atom. The van der Waals surface area contributed by atoms with Crippen LogP contribution < -0.4 is 5.43 Å². The lowest BCUT2D eigenvalue weighted by Crippen LogP contribution is -2.19. The number of hydrogen-bond donors (Lipinski definition) is 1. The van der Waals surface area contributed by atoms with Gasteiger partial charge >= 0.3 is 0 Å². The van der Waals surface area contributed by atoms with E-state index in [9.17, 15) is 14.9 Å². The summed E-state index contributed by atoms with van der Waals surface area (Å²) in [5.74, 6) is -0.165. The van der Waals surface area contributed by atoms with E-state index in [0.29, 0.717) is 10.7 Å². The molecule has 0 aliphatic rings. The van der Waals surface area contributed by atoms with Gasteiger partial charge in [0.2, 0.25) is 0 Å². The van der Waals surface area contributed by atoms with E-state index in [4.69, 9.17) is 0 Å². The maximum atomic E-state index is 11.7. The van der Waals surface area contributed by atoms with Gasteiger partial charge in [-0.05, 0) is 38.1 Å². The molecule has 0 unspecified atom stereocenters. The Kier molecular flexibility index (Phi) is 6.98. The van der Waals surface area contributed by atoms with E-state index >= 15 is 0 Å². The average molecular weight is 371 g/mol. The van der Waals surface area contributed by atoms with Crippen LogP contribution in [0.1, 0.15) is 17.0 Å². The fourth-order valence-electron chi connectivity index (χ4n) is 2.01. The van der Waals surface area contributed by atoms with Crippen LogP contribution in [-0.4, -0.2) is 32.8 Å².